The number of urea groups is 1. The number of halogens is 2. The Kier molecular flexibility index (Phi) is 3.38. The maximum atomic E-state index is 11.6. The standard InChI is InChI=1S/C4H7F2N3O2/c5-2(6)1(7)3(10)9-4(8)11/h1-2H,7H2,(H3,8,9,10,11). The smallest absolute Gasteiger partial charge is 0.318 e. The van der Waals surface area contributed by atoms with Crippen LogP contribution in [0.1, 0.15) is 0 Å². The molecule has 3 amide bonds. The van der Waals surface area contributed by atoms with E-state index >= 15 is 0 Å². The van der Waals surface area contributed by atoms with Gasteiger partial charge in [0.25, 0.3) is 12.3 Å². The van der Waals surface area contributed by atoms with Gasteiger partial charge in [-0.3, -0.25) is 10.1 Å². The summed E-state index contributed by atoms with van der Waals surface area (Å²) in [5.41, 5.74) is 9.10. The summed E-state index contributed by atoms with van der Waals surface area (Å²) in [4.78, 5) is 20.3. The zero-order valence-electron chi connectivity index (χ0n) is 5.38. The van der Waals surface area contributed by atoms with E-state index in [0.717, 1.165) is 0 Å². The highest BCUT2D eigenvalue weighted by molar-refractivity contribution is 5.96. The number of rotatable bonds is 2. The predicted molar refractivity (Wildman–Crippen MR) is 31.7 cm³/mol. The van der Waals surface area contributed by atoms with Crippen LogP contribution in [0.15, 0.2) is 0 Å². The first-order valence-electron chi connectivity index (χ1n) is 2.59. The first kappa shape index (κ1) is 9.76. The van der Waals surface area contributed by atoms with Crippen molar-refractivity contribution in [2.24, 2.45) is 11.5 Å². The number of carbonyl (C=O) groups is 2. The molecule has 0 aliphatic heterocycles. The van der Waals surface area contributed by atoms with Crippen molar-refractivity contribution in [3.05, 3.63) is 0 Å². The highest BCUT2D eigenvalue weighted by atomic mass is 19.3. The molecule has 0 fully saturated rings. The summed E-state index contributed by atoms with van der Waals surface area (Å²) in [5.74, 6) is -1.28. The number of alkyl halides is 2. The van der Waals surface area contributed by atoms with Gasteiger partial charge in [-0.2, -0.15) is 0 Å². The molecule has 1 unspecified atom stereocenters. The van der Waals surface area contributed by atoms with E-state index < -0.39 is 24.4 Å². The summed E-state index contributed by atoms with van der Waals surface area (Å²) < 4.78 is 23.2. The third-order valence-electron chi connectivity index (χ3n) is 0.821. The number of nitrogens with one attached hydrogen (secondary N) is 1. The number of hydrogen-bond acceptors (Lipinski definition) is 3. The lowest BCUT2D eigenvalue weighted by molar-refractivity contribution is -0.124. The minimum atomic E-state index is -3.01. The van der Waals surface area contributed by atoms with Crippen LogP contribution < -0.4 is 16.8 Å². The fourth-order valence-corrected chi connectivity index (χ4v) is 0.319. The van der Waals surface area contributed by atoms with Gasteiger partial charge < -0.3 is 11.5 Å². The molecule has 64 valence electrons. The van der Waals surface area contributed by atoms with Crippen molar-refractivity contribution >= 4 is 11.9 Å². The van der Waals surface area contributed by atoms with Crippen LogP contribution in [0.4, 0.5) is 13.6 Å². The number of nitrogens with two attached hydrogens (primary N) is 2. The molecule has 0 rings (SSSR count). The number of primary amides is 1. The van der Waals surface area contributed by atoms with Crippen molar-refractivity contribution < 1.29 is 18.4 Å². The van der Waals surface area contributed by atoms with Gasteiger partial charge in [-0.15, -0.1) is 0 Å². The van der Waals surface area contributed by atoms with Gasteiger partial charge in [0.05, 0.1) is 0 Å². The van der Waals surface area contributed by atoms with Gasteiger partial charge in [0.2, 0.25) is 0 Å². The van der Waals surface area contributed by atoms with Crippen LogP contribution in [0, 0.1) is 0 Å². The summed E-state index contributed by atoms with van der Waals surface area (Å²) in [6.45, 7) is 0. The molecular weight excluding hydrogens is 160 g/mol. The molecule has 0 bridgehead atoms. The fourth-order valence-electron chi connectivity index (χ4n) is 0.319. The largest absolute Gasteiger partial charge is 0.351 e. The van der Waals surface area contributed by atoms with Gasteiger partial charge in [0.1, 0.15) is 6.04 Å². The highest BCUT2D eigenvalue weighted by Gasteiger charge is 2.24. The van der Waals surface area contributed by atoms with E-state index in [2.05, 4.69) is 11.5 Å². The Morgan fingerprint density at radius 2 is 1.82 bits per heavy atom. The minimum absolute atomic E-state index is 1.20. The second kappa shape index (κ2) is 3.81. The lowest BCUT2D eigenvalue weighted by Crippen LogP contribution is -2.48. The van der Waals surface area contributed by atoms with Gasteiger partial charge >= 0.3 is 6.03 Å². The molecule has 0 aliphatic rings. The molecule has 7 heteroatoms. The molecule has 0 heterocycles. The maximum absolute atomic E-state index is 11.6. The Balaban J connectivity index is 3.93. The van der Waals surface area contributed by atoms with E-state index in [0.29, 0.717) is 0 Å². The molecule has 0 aromatic carbocycles. The Labute approximate surface area is 60.7 Å². The molecule has 1 atom stereocenters. The average Bonchev–Trinajstić information content (AvgIpc) is 1.84. The predicted octanol–water partition coefficient (Wildman–Crippen LogP) is -1.23. The summed E-state index contributed by atoms with van der Waals surface area (Å²) in [7, 11) is 0. The Hall–Kier alpha value is -1.24. The van der Waals surface area contributed by atoms with Gasteiger partial charge in [-0.05, 0) is 0 Å². The quantitative estimate of drug-likeness (QED) is 0.480. The van der Waals surface area contributed by atoms with Crippen molar-refractivity contribution in [3.63, 3.8) is 0 Å². The van der Waals surface area contributed by atoms with Crippen LogP contribution in [0.5, 0.6) is 0 Å². The molecule has 5 N–H and O–H groups in total. The van der Waals surface area contributed by atoms with Crippen molar-refractivity contribution in [2.75, 3.05) is 0 Å². The summed E-state index contributed by atoms with van der Waals surface area (Å²) in [6, 6.07) is -3.21. The summed E-state index contributed by atoms with van der Waals surface area (Å²) in [6.07, 6.45) is -3.01. The molecule has 11 heavy (non-hydrogen) atoms. The average molecular weight is 167 g/mol. The van der Waals surface area contributed by atoms with E-state index in [9.17, 15) is 18.4 Å². The SMILES string of the molecule is NC(=O)NC(=O)C(N)C(F)F. The van der Waals surface area contributed by atoms with Crippen LogP contribution in [0.2, 0.25) is 0 Å². The molecule has 0 aromatic heterocycles. The molecule has 0 saturated carbocycles. The van der Waals surface area contributed by atoms with Gasteiger partial charge in [-0.1, -0.05) is 0 Å². The molecular formula is C4H7F2N3O2. The second-order valence-corrected chi connectivity index (χ2v) is 1.71. The van der Waals surface area contributed by atoms with E-state index in [-0.39, 0.29) is 0 Å². The van der Waals surface area contributed by atoms with Crippen molar-refractivity contribution in [3.8, 4) is 0 Å². The fraction of sp³-hybridized carbons (Fsp3) is 0.500. The van der Waals surface area contributed by atoms with Gasteiger partial charge in [0, 0.05) is 0 Å². The lowest BCUT2D eigenvalue weighted by atomic mass is 10.3. The van der Waals surface area contributed by atoms with Crippen LogP contribution in [0.3, 0.4) is 0 Å². The van der Waals surface area contributed by atoms with Crippen LogP contribution in [0.25, 0.3) is 0 Å². The van der Waals surface area contributed by atoms with Crippen molar-refractivity contribution in [1.29, 1.82) is 0 Å². The van der Waals surface area contributed by atoms with Crippen LogP contribution in [-0.2, 0) is 4.79 Å². The van der Waals surface area contributed by atoms with Crippen LogP contribution >= 0.6 is 0 Å². The molecule has 0 saturated heterocycles. The minimum Gasteiger partial charge on any atom is -0.351 e. The normalized spacial score (nSPS) is 12.7. The Bertz CT molecular complexity index is 173. The molecule has 0 spiro atoms. The van der Waals surface area contributed by atoms with Crippen LogP contribution in [-0.4, -0.2) is 24.4 Å². The van der Waals surface area contributed by atoms with Gasteiger partial charge in [0.15, 0.2) is 0 Å². The van der Waals surface area contributed by atoms with Crippen molar-refractivity contribution in [2.45, 2.75) is 12.5 Å². The number of amides is 3. The van der Waals surface area contributed by atoms with E-state index in [1.807, 2.05) is 0 Å². The zero-order valence-corrected chi connectivity index (χ0v) is 5.38. The van der Waals surface area contributed by atoms with E-state index in [1.165, 1.54) is 5.32 Å². The summed E-state index contributed by atoms with van der Waals surface area (Å²) >= 11 is 0. The number of imide groups is 1. The summed E-state index contributed by atoms with van der Waals surface area (Å²) in [5, 5.41) is 1.42. The third kappa shape index (κ3) is 3.46. The third-order valence-corrected chi connectivity index (χ3v) is 0.821. The number of hydrogen-bond donors (Lipinski definition) is 3. The molecule has 0 aromatic rings. The van der Waals surface area contributed by atoms with E-state index in [4.69, 9.17) is 0 Å². The van der Waals surface area contributed by atoms with Crippen molar-refractivity contribution in [1.82, 2.24) is 5.32 Å². The first-order valence-corrected chi connectivity index (χ1v) is 2.59. The molecule has 0 radical (unpaired) electrons. The monoisotopic (exact) mass is 167 g/mol. The highest BCUT2D eigenvalue weighted by Crippen LogP contribution is 1.96. The topological polar surface area (TPSA) is 98.2 Å². The zero-order chi connectivity index (χ0) is 9.02. The second-order valence-electron chi connectivity index (χ2n) is 1.71. The lowest BCUT2D eigenvalue weighted by Gasteiger charge is -2.07. The number of carbonyl (C=O) groups excluding carboxylic acids is 2. The van der Waals surface area contributed by atoms with Gasteiger partial charge in [-0.25, -0.2) is 13.6 Å². The Morgan fingerprint density at radius 3 is 2.09 bits per heavy atom. The van der Waals surface area contributed by atoms with E-state index in [1.54, 1.807) is 0 Å². The molecule has 0 aliphatic carbocycles. The Morgan fingerprint density at radius 1 is 1.36 bits per heavy atom. The first-order chi connectivity index (χ1) is 4.95. The molecule has 5 nitrogen and oxygen atoms in total. The maximum Gasteiger partial charge on any atom is 0.318 e.